The van der Waals surface area contributed by atoms with Crippen LogP contribution in [0.15, 0.2) is 47.4 Å². The van der Waals surface area contributed by atoms with E-state index in [0.29, 0.717) is 4.31 Å². The molecule has 0 aliphatic heterocycles. The van der Waals surface area contributed by atoms with Crippen molar-refractivity contribution in [3.8, 4) is 0 Å². The molecular formula is C15H11Cl3N2O5S. The number of nitro benzene ring substituents is 1. The number of hydrogen-bond donors (Lipinski definition) is 0. The minimum atomic E-state index is -4.55. The van der Waals surface area contributed by atoms with E-state index >= 15 is 0 Å². The lowest BCUT2D eigenvalue weighted by atomic mass is 10.3. The predicted molar refractivity (Wildman–Crippen MR) is 99.5 cm³/mol. The van der Waals surface area contributed by atoms with Gasteiger partial charge in [-0.2, -0.15) is 0 Å². The first kappa shape index (κ1) is 20.4. The molecule has 0 saturated carbocycles. The molecule has 26 heavy (non-hydrogen) atoms. The molecule has 2 rings (SSSR count). The minimum Gasteiger partial charge on any atom is -0.279 e. The third-order valence-corrected chi connectivity index (χ3v) is 6.21. The molecule has 2 aromatic carbocycles. The normalized spacial score (nSPS) is 12.5. The van der Waals surface area contributed by atoms with Gasteiger partial charge in [0.1, 0.15) is 6.04 Å². The van der Waals surface area contributed by atoms with Crippen molar-refractivity contribution in [3.63, 3.8) is 0 Å². The first-order valence-electron chi connectivity index (χ1n) is 6.99. The fourth-order valence-electron chi connectivity index (χ4n) is 2.23. The maximum atomic E-state index is 13.2. The summed E-state index contributed by atoms with van der Waals surface area (Å²) in [5, 5.41) is 10.4. The van der Waals surface area contributed by atoms with Gasteiger partial charge in [0.15, 0.2) is 4.90 Å². The summed E-state index contributed by atoms with van der Waals surface area (Å²) in [6, 6.07) is 7.33. The standard InChI is InChI=1S/C15H11Cl3N2O5S/c1-9(15(18)21)19(12-7-6-10(16)8-11(12)17)26(24,25)14-5-3-2-4-13(14)20(22)23/h2-9H,1H3. The first-order chi connectivity index (χ1) is 12.1. The number of carbonyl (C=O) groups excluding carboxylic acids is 1. The van der Waals surface area contributed by atoms with Crippen LogP contribution >= 0.6 is 34.8 Å². The molecule has 0 bridgehead atoms. The first-order valence-corrected chi connectivity index (χ1v) is 9.57. The van der Waals surface area contributed by atoms with Gasteiger partial charge in [0.2, 0.25) is 5.24 Å². The average molecular weight is 438 g/mol. The summed E-state index contributed by atoms with van der Waals surface area (Å²) >= 11 is 17.4. The zero-order valence-electron chi connectivity index (χ0n) is 13.1. The Morgan fingerprint density at radius 1 is 1.19 bits per heavy atom. The summed E-state index contributed by atoms with van der Waals surface area (Å²) in [7, 11) is -4.55. The van der Waals surface area contributed by atoms with Crippen LogP contribution in [-0.2, 0) is 14.8 Å². The lowest BCUT2D eigenvalue weighted by Gasteiger charge is -2.29. The Morgan fingerprint density at radius 3 is 2.35 bits per heavy atom. The molecule has 0 aliphatic rings. The Morgan fingerprint density at radius 2 is 1.81 bits per heavy atom. The number of rotatable bonds is 6. The molecule has 0 radical (unpaired) electrons. The SMILES string of the molecule is CC(C(=O)Cl)N(c1ccc(Cl)cc1Cl)S(=O)(=O)c1ccccc1[N+](=O)[O-]. The quantitative estimate of drug-likeness (QED) is 0.382. The van der Waals surface area contributed by atoms with Gasteiger partial charge in [0.25, 0.3) is 15.7 Å². The van der Waals surface area contributed by atoms with Gasteiger partial charge in [0.05, 0.1) is 15.6 Å². The zero-order chi connectivity index (χ0) is 19.6. The molecule has 0 N–H and O–H groups in total. The van der Waals surface area contributed by atoms with Gasteiger partial charge in [-0.15, -0.1) is 0 Å². The van der Waals surface area contributed by atoms with Crippen LogP contribution in [0.3, 0.4) is 0 Å². The number of nitrogens with zero attached hydrogens (tertiary/aromatic N) is 2. The molecule has 1 unspecified atom stereocenters. The summed E-state index contributed by atoms with van der Waals surface area (Å²) in [5.74, 6) is 0. The van der Waals surface area contributed by atoms with Gasteiger partial charge in [0, 0.05) is 11.1 Å². The molecule has 7 nitrogen and oxygen atoms in total. The number of hydrogen-bond acceptors (Lipinski definition) is 5. The van der Waals surface area contributed by atoms with E-state index in [1.807, 2.05) is 0 Å². The Balaban J connectivity index is 2.77. The monoisotopic (exact) mass is 436 g/mol. The Hall–Kier alpha value is -1.87. The van der Waals surface area contributed by atoms with Crippen LogP contribution in [0.25, 0.3) is 0 Å². The number of sulfonamides is 1. The van der Waals surface area contributed by atoms with Crippen LogP contribution in [-0.4, -0.2) is 24.6 Å². The average Bonchev–Trinajstić information content (AvgIpc) is 2.56. The van der Waals surface area contributed by atoms with E-state index in [9.17, 15) is 23.3 Å². The maximum absolute atomic E-state index is 13.2. The maximum Gasteiger partial charge on any atom is 0.289 e. The molecule has 2 aromatic rings. The van der Waals surface area contributed by atoms with E-state index in [4.69, 9.17) is 34.8 Å². The molecule has 0 heterocycles. The highest BCUT2D eigenvalue weighted by molar-refractivity contribution is 7.93. The van der Waals surface area contributed by atoms with Crippen molar-refractivity contribution in [2.45, 2.75) is 17.9 Å². The highest BCUT2D eigenvalue weighted by Crippen LogP contribution is 2.36. The van der Waals surface area contributed by atoms with Gasteiger partial charge in [-0.1, -0.05) is 35.3 Å². The van der Waals surface area contributed by atoms with Gasteiger partial charge in [-0.05, 0) is 42.8 Å². The Kier molecular flexibility index (Phi) is 6.13. The van der Waals surface area contributed by atoms with Crippen molar-refractivity contribution in [1.82, 2.24) is 0 Å². The van der Waals surface area contributed by atoms with Crippen LogP contribution in [0.1, 0.15) is 6.92 Å². The molecular weight excluding hydrogens is 427 g/mol. The second kappa shape index (κ2) is 7.79. The van der Waals surface area contributed by atoms with E-state index in [0.717, 1.165) is 12.1 Å². The molecule has 11 heteroatoms. The molecule has 0 aliphatic carbocycles. The number of para-hydroxylation sites is 1. The van der Waals surface area contributed by atoms with Gasteiger partial charge < -0.3 is 0 Å². The van der Waals surface area contributed by atoms with Gasteiger partial charge in [-0.25, -0.2) is 8.42 Å². The molecule has 0 spiro atoms. The van der Waals surface area contributed by atoms with Gasteiger partial charge >= 0.3 is 0 Å². The van der Waals surface area contributed by atoms with E-state index in [1.54, 1.807) is 0 Å². The number of benzene rings is 2. The van der Waals surface area contributed by atoms with Crippen LogP contribution in [0.5, 0.6) is 0 Å². The lowest BCUT2D eigenvalue weighted by molar-refractivity contribution is -0.387. The molecule has 0 amide bonds. The fourth-order valence-corrected chi connectivity index (χ4v) is 4.74. The molecule has 0 aromatic heterocycles. The summed E-state index contributed by atoms with van der Waals surface area (Å²) in [6.45, 7) is 1.24. The summed E-state index contributed by atoms with van der Waals surface area (Å²) in [5.41, 5.74) is -0.729. The second-order valence-corrected chi connectivity index (χ2v) is 8.10. The van der Waals surface area contributed by atoms with Crippen LogP contribution in [0, 0.1) is 10.1 Å². The molecule has 1 atom stereocenters. The van der Waals surface area contributed by atoms with Crippen molar-refractivity contribution in [2.75, 3.05) is 4.31 Å². The van der Waals surface area contributed by atoms with Crippen LogP contribution in [0.4, 0.5) is 11.4 Å². The third kappa shape index (κ3) is 3.93. The van der Waals surface area contributed by atoms with E-state index in [2.05, 4.69) is 0 Å². The number of carbonyl (C=O) groups is 1. The van der Waals surface area contributed by atoms with Gasteiger partial charge in [-0.3, -0.25) is 19.2 Å². The largest absolute Gasteiger partial charge is 0.289 e. The number of halogens is 3. The predicted octanol–water partition coefficient (Wildman–Crippen LogP) is 4.25. The van der Waals surface area contributed by atoms with Crippen molar-refractivity contribution in [3.05, 3.63) is 62.6 Å². The third-order valence-electron chi connectivity index (χ3n) is 3.43. The topological polar surface area (TPSA) is 97.6 Å². The second-order valence-electron chi connectivity index (χ2n) is 5.10. The minimum absolute atomic E-state index is 0.0653. The zero-order valence-corrected chi connectivity index (χ0v) is 16.2. The highest BCUT2D eigenvalue weighted by atomic mass is 35.5. The number of nitro groups is 1. The molecule has 0 saturated heterocycles. The van der Waals surface area contributed by atoms with Crippen molar-refractivity contribution < 1.29 is 18.1 Å². The molecule has 0 fully saturated rings. The van der Waals surface area contributed by atoms with E-state index in [-0.39, 0.29) is 15.7 Å². The van der Waals surface area contributed by atoms with Crippen molar-refractivity contribution >= 4 is 61.4 Å². The summed E-state index contributed by atoms with van der Waals surface area (Å²) < 4.78 is 27.0. The van der Waals surface area contributed by atoms with E-state index in [1.165, 1.54) is 37.3 Å². The number of anilines is 1. The van der Waals surface area contributed by atoms with Crippen LogP contribution in [0.2, 0.25) is 10.0 Å². The summed E-state index contributed by atoms with van der Waals surface area (Å²) in [4.78, 5) is 21.5. The fraction of sp³-hybridized carbons (Fsp3) is 0.133. The van der Waals surface area contributed by atoms with Crippen LogP contribution < -0.4 is 4.31 Å². The van der Waals surface area contributed by atoms with E-state index < -0.39 is 36.8 Å². The highest BCUT2D eigenvalue weighted by Gasteiger charge is 2.37. The van der Waals surface area contributed by atoms with Crippen molar-refractivity contribution in [1.29, 1.82) is 0 Å². The Labute approximate surface area is 164 Å². The molecule has 138 valence electrons. The van der Waals surface area contributed by atoms with Crippen molar-refractivity contribution in [2.24, 2.45) is 0 Å². The Bertz CT molecular complexity index is 981. The smallest absolute Gasteiger partial charge is 0.279 e. The summed E-state index contributed by atoms with van der Waals surface area (Å²) in [6.07, 6.45) is 0. The lowest BCUT2D eigenvalue weighted by Crippen LogP contribution is -2.42.